The zero-order chi connectivity index (χ0) is 25.0. The van der Waals surface area contributed by atoms with E-state index in [1.54, 1.807) is 0 Å². The summed E-state index contributed by atoms with van der Waals surface area (Å²) in [4.78, 5) is 0. The van der Waals surface area contributed by atoms with E-state index in [9.17, 15) is 15.3 Å². The van der Waals surface area contributed by atoms with Gasteiger partial charge in [0.2, 0.25) is 0 Å². The molecule has 0 radical (unpaired) electrons. The minimum absolute atomic E-state index is 0.0553. The van der Waals surface area contributed by atoms with Crippen LogP contribution in [0, 0.1) is 27.7 Å². The Balaban J connectivity index is 2.39. The number of rotatable bonds is 2. The number of phenolic OH excluding ortho intramolecular Hbond substituents is 3. The molecule has 0 saturated heterocycles. The van der Waals surface area contributed by atoms with Crippen molar-refractivity contribution in [3.63, 3.8) is 0 Å². The molecule has 0 aliphatic carbocycles. The summed E-state index contributed by atoms with van der Waals surface area (Å²) >= 11 is 0. The second kappa shape index (κ2) is 8.13. The SMILES string of the molecule is Cc1cc(-c2cc(C)cc(C(C)(C)C)c2O)c(O)c(-c2cc(C)c(C)c(C(C)(C)C)c2O)c1. The van der Waals surface area contributed by atoms with Crippen LogP contribution in [0.1, 0.15) is 74.9 Å². The normalized spacial score (nSPS) is 12.3. The van der Waals surface area contributed by atoms with Crippen molar-refractivity contribution < 1.29 is 15.3 Å². The van der Waals surface area contributed by atoms with Crippen LogP contribution in [0.3, 0.4) is 0 Å². The Bertz CT molecular complexity index is 1240. The fourth-order valence-electron chi connectivity index (χ4n) is 4.77. The molecule has 176 valence electrons. The van der Waals surface area contributed by atoms with E-state index < -0.39 is 0 Å². The lowest BCUT2D eigenvalue weighted by atomic mass is 9.79. The van der Waals surface area contributed by atoms with Gasteiger partial charge in [0.1, 0.15) is 17.2 Å². The molecule has 0 amide bonds. The highest BCUT2D eigenvalue weighted by molar-refractivity contribution is 5.88. The van der Waals surface area contributed by atoms with Crippen LogP contribution in [0.25, 0.3) is 22.3 Å². The Hall–Kier alpha value is -2.94. The summed E-state index contributed by atoms with van der Waals surface area (Å²) in [6.45, 7) is 20.5. The molecule has 3 rings (SSSR count). The maximum absolute atomic E-state index is 11.5. The second-order valence-electron chi connectivity index (χ2n) is 11.5. The van der Waals surface area contributed by atoms with Crippen molar-refractivity contribution in [1.29, 1.82) is 0 Å². The molecule has 3 N–H and O–H groups in total. The van der Waals surface area contributed by atoms with Gasteiger partial charge in [-0.3, -0.25) is 0 Å². The third-order valence-corrected chi connectivity index (χ3v) is 6.47. The highest BCUT2D eigenvalue weighted by Gasteiger charge is 2.27. The van der Waals surface area contributed by atoms with Crippen LogP contribution >= 0.6 is 0 Å². The van der Waals surface area contributed by atoms with Crippen LogP contribution in [0.4, 0.5) is 0 Å². The molecule has 0 unspecified atom stereocenters. The first-order valence-electron chi connectivity index (χ1n) is 11.6. The Morgan fingerprint density at radius 3 is 1.39 bits per heavy atom. The van der Waals surface area contributed by atoms with Crippen LogP contribution in [0.2, 0.25) is 0 Å². The average Bonchev–Trinajstić information content (AvgIpc) is 2.66. The highest BCUT2D eigenvalue weighted by Crippen LogP contribution is 2.49. The summed E-state index contributed by atoms with van der Waals surface area (Å²) in [7, 11) is 0. The summed E-state index contributed by atoms with van der Waals surface area (Å²) < 4.78 is 0. The lowest BCUT2D eigenvalue weighted by Crippen LogP contribution is -2.14. The van der Waals surface area contributed by atoms with Gasteiger partial charge in [-0.05, 0) is 85.0 Å². The highest BCUT2D eigenvalue weighted by atomic mass is 16.3. The predicted octanol–water partition coefficient (Wildman–Crippen LogP) is 7.97. The van der Waals surface area contributed by atoms with E-state index in [2.05, 4.69) is 41.5 Å². The van der Waals surface area contributed by atoms with E-state index in [0.29, 0.717) is 22.3 Å². The maximum atomic E-state index is 11.5. The fraction of sp³-hybridized carbons (Fsp3) is 0.400. The van der Waals surface area contributed by atoms with E-state index >= 15 is 0 Å². The number of phenols is 3. The summed E-state index contributed by atoms with van der Waals surface area (Å²) in [5.41, 5.74) is 7.61. The lowest BCUT2D eigenvalue weighted by molar-refractivity contribution is 0.444. The Kier molecular flexibility index (Phi) is 6.08. The first-order chi connectivity index (χ1) is 15.0. The van der Waals surface area contributed by atoms with Crippen molar-refractivity contribution >= 4 is 0 Å². The molecule has 0 fully saturated rings. The van der Waals surface area contributed by atoms with Gasteiger partial charge in [-0.1, -0.05) is 47.6 Å². The predicted molar refractivity (Wildman–Crippen MR) is 139 cm³/mol. The molecule has 0 heterocycles. The molecule has 0 bridgehead atoms. The van der Waals surface area contributed by atoms with E-state index in [-0.39, 0.29) is 28.1 Å². The maximum Gasteiger partial charge on any atom is 0.131 e. The van der Waals surface area contributed by atoms with Crippen molar-refractivity contribution in [2.24, 2.45) is 0 Å². The van der Waals surface area contributed by atoms with Crippen molar-refractivity contribution in [3.8, 4) is 39.5 Å². The number of aromatic hydroxyl groups is 3. The number of aryl methyl sites for hydroxylation is 3. The number of hydrogen-bond acceptors (Lipinski definition) is 3. The van der Waals surface area contributed by atoms with E-state index in [4.69, 9.17) is 0 Å². The van der Waals surface area contributed by atoms with Gasteiger partial charge in [-0.25, -0.2) is 0 Å². The van der Waals surface area contributed by atoms with Crippen LogP contribution in [0.5, 0.6) is 17.2 Å². The molecule has 33 heavy (non-hydrogen) atoms. The van der Waals surface area contributed by atoms with Gasteiger partial charge in [0, 0.05) is 33.4 Å². The van der Waals surface area contributed by atoms with Crippen LogP contribution in [-0.4, -0.2) is 15.3 Å². The van der Waals surface area contributed by atoms with Crippen molar-refractivity contribution in [3.05, 3.63) is 63.7 Å². The molecule has 3 heteroatoms. The summed E-state index contributed by atoms with van der Waals surface area (Å²) in [5, 5.41) is 34.0. The molecule has 0 aromatic heterocycles. The molecule has 0 saturated carbocycles. The summed E-state index contributed by atoms with van der Waals surface area (Å²) in [5.74, 6) is 0.431. The van der Waals surface area contributed by atoms with Gasteiger partial charge in [0.25, 0.3) is 0 Å². The average molecular weight is 447 g/mol. The topological polar surface area (TPSA) is 60.7 Å². The molecule has 0 atom stereocenters. The monoisotopic (exact) mass is 446 g/mol. The standard InChI is InChI=1S/C30H38O3/c1-16-11-20(22-13-17(2)14-24(27(22)32)29(5,6)7)26(31)21(12-16)23-15-18(3)19(4)25(28(23)33)30(8,9)10/h11-15,31-33H,1-10H3. The smallest absolute Gasteiger partial charge is 0.131 e. The first-order valence-corrected chi connectivity index (χ1v) is 11.6. The molecular weight excluding hydrogens is 408 g/mol. The minimum atomic E-state index is -0.256. The van der Waals surface area contributed by atoms with Crippen LogP contribution in [0.15, 0.2) is 30.3 Å². The Labute approximate surface area is 198 Å². The van der Waals surface area contributed by atoms with Crippen molar-refractivity contribution in [1.82, 2.24) is 0 Å². The first kappa shape index (κ1) is 24.7. The van der Waals surface area contributed by atoms with Gasteiger partial charge in [-0.15, -0.1) is 0 Å². The lowest BCUT2D eigenvalue weighted by Gasteiger charge is -2.27. The van der Waals surface area contributed by atoms with Gasteiger partial charge < -0.3 is 15.3 Å². The van der Waals surface area contributed by atoms with Crippen LogP contribution in [-0.2, 0) is 10.8 Å². The van der Waals surface area contributed by atoms with E-state index in [1.807, 2.05) is 58.0 Å². The molecule has 3 aromatic carbocycles. The third-order valence-electron chi connectivity index (χ3n) is 6.47. The fourth-order valence-corrected chi connectivity index (χ4v) is 4.77. The molecular formula is C30H38O3. The van der Waals surface area contributed by atoms with Gasteiger partial charge >= 0.3 is 0 Å². The summed E-state index contributed by atoms with van der Waals surface area (Å²) in [6.07, 6.45) is 0. The van der Waals surface area contributed by atoms with Gasteiger partial charge in [0.05, 0.1) is 0 Å². The Morgan fingerprint density at radius 1 is 0.515 bits per heavy atom. The number of benzene rings is 3. The Morgan fingerprint density at radius 2 is 0.939 bits per heavy atom. The second-order valence-corrected chi connectivity index (χ2v) is 11.5. The van der Waals surface area contributed by atoms with Crippen molar-refractivity contribution in [2.45, 2.75) is 80.1 Å². The molecule has 0 aliphatic rings. The quantitative estimate of drug-likeness (QED) is 0.374. The largest absolute Gasteiger partial charge is 0.507 e. The third kappa shape index (κ3) is 4.46. The zero-order valence-electron chi connectivity index (χ0n) is 21.7. The van der Waals surface area contributed by atoms with Gasteiger partial charge in [0.15, 0.2) is 0 Å². The van der Waals surface area contributed by atoms with Crippen LogP contribution < -0.4 is 0 Å². The zero-order valence-corrected chi connectivity index (χ0v) is 21.7. The molecule has 3 aromatic rings. The molecule has 0 aliphatic heterocycles. The molecule has 3 nitrogen and oxygen atoms in total. The summed E-state index contributed by atoms with van der Waals surface area (Å²) in [6, 6.07) is 9.63. The number of hydrogen-bond donors (Lipinski definition) is 3. The van der Waals surface area contributed by atoms with Crippen molar-refractivity contribution in [2.75, 3.05) is 0 Å². The molecule has 0 spiro atoms. The van der Waals surface area contributed by atoms with Gasteiger partial charge in [-0.2, -0.15) is 0 Å². The van der Waals surface area contributed by atoms with E-state index in [0.717, 1.165) is 33.4 Å². The minimum Gasteiger partial charge on any atom is -0.507 e. The van der Waals surface area contributed by atoms with E-state index in [1.165, 1.54) is 0 Å².